The van der Waals surface area contributed by atoms with Crippen molar-refractivity contribution in [3.05, 3.63) is 28.9 Å². The molecule has 0 fully saturated rings. The number of aryl methyl sites for hydroxylation is 1. The highest BCUT2D eigenvalue weighted by Crippen LogP contribution is 2.25. The van der Waals surface area contributed by atoms with Crippen molar-refractivity contribution in [1.82, 2.24) is 9.78 Å². The molecule has 0 amide bonds. The molecule has 1 atom stereocenters. The molecule has 80 valence electrons. The molecule has 0 bridgehead atoms. The Kier molecular flexibility index (Phi) is 2.67. The summed E-state index contributed by atoms with van der Waals surface area (Å²) < 4.78 is 1.89. The Labute approximate surface area is 93.8 Å². The van der Waals surface area contributed by atoms with Crippen molar-refractivity contribution in [3.63, 3.8) is 0 Å². The van der Waals surface area contributed by atoms with Gasteiger partial charge in [-0.15, -0.1) is 0 Å². The molecule has 2 aromatic rings. The van der Waals surface area contributed by atoms with Crippen LogP contribution in [-0.4, -0.2) is 9.78 Å². The second-order valence-corrected chi connectivity index (χ2v) is 4.03. The number of hydrogen-bond donors (Lipinski definition) is 1. The quantitative estimate of drug-likeness (QED) is 0.851. The lowest BCUT2D eigenvalue weighted by molar-refractivity contribution is 0.684. The molecular formula is C11H14ClN3. The van der Waals surface area contributed by atoms with Gasteiger partial charge in [-0.1, -0.05) is 17.7 Å². The van der Waals surface area contributed by atoms with Gasteiger partial charge in [0.1, 0.15) is 0 Å². The normalized spacial score (nSPS) is 13.3. The molecule has 0 saturated carbocycles. The molecule has 15 heavy (non-hydrogen) atoms. The fourth-order valence-electron chi connectivity index (χ4n) is 1.68. The van der Waals surface area contributed by atoms with Crippen LogP contribution in [0, 0.1) is 0 Å². The van der Waals surface area contributed by atoms with E-state index >= 15 is 0 Å². The minimum absolute atomic E-state index is 0.0236. The van der Waals surface area contributed by atoms with Crippen LogP contribution in [0.15, 0.2) is 18.2 Å². The standard InChI is InChI=1S/C11H14ClN3/c1-3-15-10-5-4-8(7(2)13)6-9(10)11(12)14-15/h4-7H,3,13H2,1-2H3. The van der Waals surface area contributed by atoms with Gasteiger partial charge in [0.05, 0.1) is 5.52 Å². The summed E-state index contributed by atoms with van der Waals surface area (Å²) in [7, 11) is 0. The maximum atomic E-state index is 6.06. The van der Waals surface area contributed by atoms with Crippen molar-refractivity contribution in [1.29, 1.82) is 0 Å². The Bertz CT molecular complexity index is 488. The minimum Gasteiger partial charge on any atom is -0.324 e. The lowest BCUT2D eigenvalue weighted by Gasteiger charge is -2.05. The van der Waals surface area contributed by atoms with Gasteiger partial charge in [-0.3, -0.25) is 4.68 Å². The molecule has 1 aromatic carbocycles. The SMILES string of the molecule is CCn1nc(Cl)c2cc(C(C)N)ccc21. The zero-order chi connectivity index (χ0) is 11.0. The van der Waals surface area contributed by atoms with Crippen molar-refractivity contribution in [2.45, 2.75) is 26.4 Å². The van der Waals surface area contributed by atoms with Gasteiger partial charge in [-0.2, -0.15) is 5.10 Å². The number of aromatic nitrogens is 2. The maximum Gasteiger partial charge on any atom is 0.158 e. The third kappa shape index (κ3) is 1.73. The maximum absolute atomic E-state index is 6.06. The molecule has 1 unspecified atom stereocenters. The fraction of sp³-hybridized carbons (Fsp3) is 0.364. The first-order valence-electron chi connectivity index (χ1n) is 5.05. The van der Waals surface area contributed by atoms with E-state index in [1.807, 2.05) is 36.7 Å². The number of nitrogens with two attached hydrogens (primary N) is 1. The topological polar surface area (TPSA) is 43.8 Å². The smallest absolute Gasteiger partial charge is 0.158 e. The van der Waals surface area contributed by atoms with Gasteiger partial charge in [-0.05, 0) is 31.5 Å². The van der Waals surface area contributed by atoms with Crippen LogP contribution >= 0.6 is 11.6 Å². The molecule has 0 aliphatic rings. The van der Waals surface area contributed by atoms with Crippen molar-refractivity contribution < 1.29 is 0 Å². The van der Waals surface area contributed by atoms with E-state index in [9.17, 15) is 0 Å². The van der Waals surface area contributed by atoms with E-state index in [0.717, 1.165) is 23.0 Å². The average molecular weight is 224 g/mol. The molecule has 2 N–H and O–H groups in total. The molecule has 3 nitrogen and oxygen atoms in total. The summed E-state index contributed by atoms with van der Waals surface area (Å²) in [5.41, 5.74) is 7.97. The van der Waals surface area contributed by atoms with E-state index in [-0.39, 0.29) is 6.04 Å². The Morgan fingerprint density at radius 1 is 1.53 bits per heavy atom. The third-order valence-corrected chi connectivity index (χ3v) is 2.83. The van der Waals surface area contributed by atoms with Gasteiger partial charge in [0.2, 0.25) is 0 Å². The van der Waals surface area contributed by atoms with Crippen LogP contribution < -0.4 is 5.73 Å². The molecule has 0 aliphatic carbocycles. The van der Waals surface area contributed by atoms with E-state index < -0.39 is 0 Å². The van der Waals surface area contributed by atoms with Gasteiger partial charge in [-0.25, -0.2) is 0 Å². The third-order valence-electron chi connectivity index (χ3n) is 2.55. The molecule has 2 rings (SSSR count). The predicted molar refractivity (Wildman–Crippen MR) is 63.0 cm³/mol. The van der Waals surface area contributed by atoms with Crippen LogP contribution in [0.5, 0.6) is 0 Å². The van der Waals surface area contributed by atoms with Crippen LogP contribution in [0.2, 0.25) is 5.15 Å². The second kappa shape index (κ2) is 3.83. The monoisotopic (exact) mass is 223 g/mol. The lowest BCUT2D eigenvalue weighted by atomic mass is 10.1. The molecule has 0 spiro atoms. The highest BCUT2D eigenvalue weighted by molar-refractivity contribution is 6.34. The van der Waals surface area contributed by atoms with Crippen molar-refractivity contribution >= 4 is 22.5 Å². The van der Waals surface area contributed by atoms with Gasteiger partial charge in [0.25, 0.3) is 0 Å². The molecule has 4 heteroatoms. The van der Waals surface area contributed by atoms with Crippen LogP contribution in [0.3, 0.4) is 0 Å². The summed E-state index contributed by atoms with van der Waals surface area (Å²) in [6.07, 6.45) is 0. The van der Waals surface area contributed by atoms with Crippen molar-refractivity contribution in [2.75, 3.05) is 0 Å². The van der Waals surface area contributed by atoms with E-state index in [1.54, 1.807) is 0 Å². The first kappa shape index (κ1) is 10.5. The number of hydrogen-bond acceptors (Lipinski definition) is 2. The summed E-state index contributed by atoms with van der Waals surface area (Å²) in [5.74, 6) is 0. The van der Waals surface area contributed by atoms with Gasteiger partial charge >= 0.3 is 0 Å². The molecular weight excluding hydrogens is 210 g/mol. The van der Waals surface area contributed by atoms with Gasteiger partial charge < -0.3 is 5.73 Å². The highest BCUT2D eigenvalue weighted by atomic mass is 35.5. The Morgan fingerprint density at radius 2 is 2.27 bits per heavy atom. The lowest BCUT2D eigenvalue weighted by Crippen LogP contribution is -2.04. The Morgan fingerprint density at radius 3 is 2.87 bits per heavy atom. The van der Waals surface area contributed by atoms with E-state index in [4.69, 9.17) is 17.3 Å². The number of fused-ring (bicyclic) bond motifs is 1. The van der Waals surface area contributed by atoms with E-state index in [1.165, 1.54) is 0 Å². The first-order valence-corrected chi connectivity index (χ1v) is 5.42. The summed E-state index contributed by atoms with van der Waals surface area (Å²) in [6.45, 7) is 4.82. The zero-order valence-corrected chi connectivity index (χ0v) is 9.62. The van der Waals surface area contributed by atoms with Crippen LogP contribution in [0.25, 0.3) is 10.9 Å². The average Bonchev–Trinajstić information content (AvgIpc) is 2.55. The molecule has 0 aliphatic heterocycles. The number of benzene rings is 1. The van der Waals surface area contributed by atoms with Crippen LogP contribution in [0.1, 0.15) is 25.5 Å². The number of nitrogens with zero attached hydrogens (tertiary/aromatic N) is 2. The molecule has 0 radical (unpaired) electrons. The van der Waals surface area contributed by atoms with Gasteiger partial charge in [0, 0.05) is 18.0 Å². The summed E-state index contributed by atoms with van der Waals surface area (Å²) in [4.78, 5) is 0. The summed E-state index contributed by atoms with van der Waals surface area (Å²) in [6, 6.07) is 6.09. The molecule has 1 aromatic heterocycles. The van der Waals surface area contributed by atoms with Crippen molar-refractivity contribution in [3.8, 4) is 0 Å². The molecule has 0 saturated heterocycles. The predicted octanol–water partition coefficient (Wildman–Crippen LogP) is 2.73. The largest absolute Gasteiger partial charge is 0.324 e. The fourth-order valence-corrected chi connectivity index (χ4v) is 1.92. The van der Waals surface area contributed by atoms with Gasteiger partial charge in [0.15, 0.2) is 5.15 Å². The van der Waals surface area contributed by atoms with Crippen LogP contribution in [0.4, 0.5) is 0 Å². The molecule has 1 heterocycles. The Hall–Kier alpha value is -1.06. The number of rotatable bonds is 2. The van der Waals surface area contributed by atoms with E-state index in [2.05, 4.69) is 5.10 Å². The minimum atomic E-state index is 0.0236. The Balaban J connectivity index is 2.66. The second-order valence-electron chi connectivity index (χ2n) is 3.67. The zero-order valence-electron chi connectivity index (χ0n) is 8.87. The highest BCUT2D eigenvalue weighted by Gasteiger charge is 2.09. The van der Waals surface area contributed by atoms with Crippen molar-refractivity contribution in [2.24, 2.45) is 5.73 Å². The summed E-state index contributed by atoms with van der Waals surface area (Å²) in [5, 5.41) is 5.78. The first-order chi connectivity index (χ1) is 7.13. The van der Waals surface area contributed by atoms with Crippen LogP contribution in [-0.2, 0) is 6.54 Å². The number of halogens is 1. The summed E-state index contributed by atoms with van der Waals surface area (Å²) >= 11 is 6.06. The van der Waals surface area contributed by atoms with E-state index in [0.29, 0.717) is 5.15 Å².